The number of anilines is 1. The first-order valence-corrected chi connectivity index (χ1v) is 8.85. The maximum atomic E-state index is 12.0. The molecule has 1 heterocycles. The van der Waals surface area contributed by atoms with E-state index < -0.39 is 17.7 Å². The maximum Gasteiger partial charge on any atom is 0.313 e. The fraction of sp³-hybridized carbons (Fsp3) is 0.250. The van der Waals surface area contributed by atoms with Crippen LogP contribution in [0.2, 0.25) is 15.1 Å². The lowest BCUT2D eigenvalue weighted by Crippen LogP contribution is -2.40. The van der Waals surface area contributed by atoms with Gasteiger partial charge < -0.3 is 16.0 Å². The zero-order valence-electron chi connectivity index (χ0n) is 14.4. The van der Waals surface area contributed by atoms with E-state index in [1.54, 1.807) is 14.0 Å². The van der Waals surface area contributed by atoms with Gasteiger partial charge in [0.15, 0.2) is 5.69 Å². The summed E-state index contributed by atoms with van der Waals surface area (Å²) in [5.41, 5.74) is 1.05. The summed E-state index contributed by atoms with van der Waals surface area (Å²) in [4.78, 5) is 35.7. The van der Waals surface area contributed by atoms with Gasteiger partial charge >= 0.3 is 11.8 Å². The monoisotopic (exact) mass is 431 g/mol. The third-order valence-electron chi connectivity index (χ3n) is 3.50. The van der Waals surface area contributed by atoms with E-state index >= 15 is 0 Å². The number of aryl methyl sites for hydroxylation is 1. The largest absolute Gasteiger partial charge is 0.349 e. The number of aromatic nitrogens is 2. The highest BCUT2D eigenvalue weighted by Gasteiger charge is 2.18. The van der Waals surface area contributed by atoms with E-state index in [1.807, 2.05) is 0 Å². The first-order chi connectivity index (χ1) is 12.7. The van der Waals surface area contributed by atoms with Crippen LogP contribution in [0.25, 0.3) is 0 Å². The summed E-state index contributed by atoms with van der Waals surface area (Å²) in [5.74, 6) is -2.23. The van der Waals surface area contributed by atoms with Crippen LogP contribution in [0.5, 0.6) is 0 Å². The second-order valence-electron chi connectivity index (χ2n) is 5.50. The number of hydrogen-bond acceptors (Lipinski definition) is 4. The van der Waals surface area contributed by atoms with Gasteiger partial charge in [0.2, 0.25) is 0 Å². The van der Waals surface area contributed by atoms with Gasteiger partial charge in [0.05, 0.1) is 10.7 Å². The van der Waals surface area contributed by atoms with E-state index in [1.165, 1.54) is 22.9 Å². The van der Waals surface area contributed by atoms with Crippen molar-refractivity contribution in [2.24, 2.45) is 7.05 Å². The SMILES string of the molecule is Cc1c(Cl)c(C(=O)NCCNC(=O)C(=O)Nc2cc(Cl)cc(Cl)c2)nn1C. The highest BCUT2D eigenvalue weighted by molar-refractivity contribution is 6.40. The quantitative estimate of drug-likeness (QED) is 0.497. The van der Waals surface area contributed by atoms with Crippen molar-refractivity contribution in [2.45, 2.75) is 6.92 Å². The van der Waals surface area contributed by atoms with E-state index in [9.17, 15) is 14.4 Å². The Balaban J connectivity index is 1.79. The topological polar surface area (TPSA) is 105 Å². The molecule has 8 nitrogen and oxygen atoms in total. The minimum absolute atomic E-state index is 0.0394. The number of nitrogens with one attached hydrogen (secondary N) is 3. The van der Waals surface area contributed by atoms with Crippen molar-refractivity contribution in [3.8, 4) is 0 Å². The number of nitrogens with zero attached hydrogens (tertiary/aromatic N) is 2. The standard InChI is InChI=1S/C16H16Cl3N5O3/c1-8-12(19)13(23-24(8)2)14(25)20-3-4-21-15(26)16(27)22-11-6-9(17)5-10(18)7-11/h5-7H,3-4H2,1-2H3,(H,20,25)(H,21,26)(H,22,27). The maximum absolute atomic E-state index is 12.0. The number of rotatable bonds is 5. The molecule has 0 radical (unpaired) electrons. The van der Waals surface area contributed by atoms with Crippen LogP contribution in [0.15, 0.2) is 18.2 Å². The number of carbonyl (C=O) groups is 3. The molecular weight excluding hydrogens is 417 g/mol. The number of benzene rings is 1. The van der Waals surface area contributed by atoms with E-state index in [0.717, 1.165) is 0 Å². The van der Waals surface area contributed by atoms with Gasteiger partial charge in [-0.2, -0.15) is 5.10 Å². The molecule has 2 aromatic rings. The van der Waals surface area contributed by atoms with Crippen LogP contribution in [0.4, 0.5) is 5.69 Å². The molecular formula is C16H16Cl3N5O3. The van der Waals surface area contributed by atoms with Crippen LogP contribution in [-0.2, 0) is 16.6 Å². The predicted octanol–water partition coefficient (Wildman–Crippen LogP) is 2.17. The van der Waals surface area contributed by atoms with Gasteiger partial charge in [0.1, 0.15) is 0 Å². The Morgan fingerprint density at radius 2 is 1.59 bits per heavy atom. The summed E-state index contributed by atoms with van der Waals surface area (Å²) in [6.07, 6.45) is 0. The lowest BCUT2D eigenvalue weighted by Gasteiger charge is -2.08. The Hall–Kier alpha value is -2.29. The molecule has 0 fully saturated rings. The molecule has 1 aromatic heterocycles. The van der Waals surface area contributed by atoms with Crippen molar-refractivity contribution in [2.75, 3.05) is 18.4 Å². The molecule has 11 heteroatoms. The zero-order valence-corrected chi connectivity index (χ0v) is 16.7. The Labute approximate surface area is 170 Å². The van der Waals surface area contributed by atoms with Gasteiger partial charge in [-0.15, -0.1) is 0 Å². The zero-order chi connectivity index (χ0) is 20.1. The molecule has 27 heavy (non-hydrogen) atoms. The molecule has 0 spiro atoms. The summed E-state index contributed by atoms with van der Waals surface area (Å²) in [5, 5.41) is 12.2. The average molecular weight is 433 g/mol. The van der Waals surface area contributed by atoms with Crippen molar-refractivity contribution in [1.82, 2.24) is 20.4 Å². The number of carbonyl (C=O) groups excluding carboxylic acids is 3. The molecule has 0 aliphatic carbocycles. The highest BCUT2D eigenvalue weighted by atomic mass is 35.5. The first-order valence-electron chi connectivity index (χ1n) is 7.71. The Bertz CT molecular complexity index is 877. The van der Waals surface area contributed by atoms with E-state index in [-0.39, 0.29) is 23.8 Å². The summed E-state index contributed by atoms with van der Waals surface area (Å²) in [6.45, 7) is 1.86. The molecule has 0 atom stereocenters. The molecule has 0 saturated carbocycles. The average Bonchev–Trinajstić information content (AvgIpc) is 2.84. The van der Waals surface area contributed by atoms with Crippen LogP contribution in [0.1, 0.15) is 16.2 Å². The summed E-state index contributed by atoms with van der Waals surface area (Å²) < 4.78 is 1.49. The summed E-state index contributed by atoms with van der Waals surface area (Å²) in [6, 6.07) is 4.41. The second-order valence-corrected chi connectivity index (χ2v) is 6.75. The molecule has 144 valence electrons. The van der Waals surface area contributed by atoms with E-state index in [4.69, 9.17) is 34.8 Å². The molecule has 1 aromatic carbocycles. The molecule has 0 unspecified atom stereocenters. The Morgan fingerprint density at radius 3 is 2.15 bits per heavy atom. The van der Waals surface area contributed by atoms with Gasteiger partial charge in [0.25, 0.3) is 5.91 Å². The number of hydrogen-bond donors (Lipinski definition) is 3. The van der Waals surface area contributed by atoms with Crippen molar-refractivity contribution >= 4 is 58.2 Å². The van der Waals surface area contributed by atoms with Gasteiger partial charge in [-0.1, -0.05) is 34.8 Å². The van der Waals surface area contributed by atoms with Gasteiger partial charge in [-0.3, -0.25) is 19.1 Å². The predicted molar refractivity (Wildman–Crippen MR) is 103 cm³/mol. The number of halogens is 3. The molecule has 2 rings (SSSR count). The minimum Gasteiger partial charge on any atom is -0.349 e. The third kappa shape index (κ3) is 5.59. The van der Waals surface area contributed by atoms with Crippen molar-refractivity contribution < 1.29 is 14.4 Å². The summed E-state index contributed by atoms with van der Waals surface area (Å²) >= 11 is 17.7. The lowest BCUT2D eigenvalue weighted by molar-refractivity contribution is -0.136. The first kappa shape index (κ1) is 21.0. The lowest BCUT2D eigenvalue weighted by atomic mass is 10.3. The van der Waals surface area contributed by atoms with Crippen molar-refractivity contribution in [1.29, 1.82) is 0 Å². The molecule has 3 amide bonds. The molecule has 0 aliphatic rings. The van der Waals surface area contributed by atoms with Gasteiger partial charge in [0, 0.05) is 35.9 Å². The van der Waals surface area contributed by atoms with Crippen LogP contribution in [0, 0.1) is 6.92 Å². The van der Waals surface area contributed by atoms with Crippen molar-refractivity contribution in [3.05, 3.63) is 44.7 Å². The normalized spacial score (nSPS) is 10.4. The molecule has 0 aliphatic heterocycles. The summed E-state index contributed by atoms with van der Waals surface area (Å²) in [7, 11) is 1.67. The van der Waals surface area contributed by atoms with Crippen LogP contribution < -0.4 is 16.0 Å². The van der Waals surface area contributed by atoms with E-state index in [2.05, 4.69) is 21.0 Å². The van der Waals surface area contributed by atoms with Gasteiger partial charge in [-0.25, -0.2) is 0 Å². The molecule has 0 bridgehead atoms. The third-order valence-corrected chi connectivity index (χ3v) is 4.39. The van der Waals surface area contributed by atoms with Gasteiger partial charge in [-0.05, 0) is 25.1 Å². The molecule has 3 N–H and O–H groups in total. The fourth-order valence-electron chi connectivity index (χ4n) is 2.06. The van der Waals surface area contributed by atoms with E-state index in [0.29, 0.717) is 21.4 Å². The van der Waals surface area contributed by atoms with Crippen molar-refractivity contribution in [3.63, 3.8) is 0 Å². The number of amides is 3. The second kappa shape index (κ2) is 9.07. The Kier molecular flexibility index (Phi) is 7.06. The van der Waals surface area contributed by atoms with Crippen LogP contribution in [-0.4, -0.2) is 40.6 Å². The Morgan fingerprint density at radius 1 is 1.00 bits per heavy atom. The highest BCUT2D eigenvalue weighted by Crippen LogP contribution is 2.22. The smallest absolute Gasteiger partial charge is 0.313 e. The fourth-order valence-corrected chi connectivity index (χ4v) is 2.83. The van der Waals surface area contributed by atoms with Crippen LogP contribution in [0.3, 0.4) is 0 Å². The molecule has 0 saturated heterocycles. The van der Waals surface area contributed by atoms with Crippen LogP contribution >= 0.6 is 34.8 Å². The minimum atomic E-state index is -0.886.